The highest BCUT2D eigenvalue weighted by Gasteiger charge is 2.34. The monoisotopic (exact) mass is 444 g/mol. The summed E-state index contributed by atoms with van der Waals surface area (Å²) in [6, 6.07) is 11.4. The summed E-state index contributed by atoms with van der Waals surface area (Å²) in [6.07, 6.45) is -0.0239. The molecule has 1 unspecified atom stereocenters. The minimum Gasteiger partial charge on any atom is -0.495 e. The molecule has 2 heterocycles. The summed E-state index contributed by atoms with van der Waals surface area (Å²) in [7, 11) is 1.51. The van der Waals surface area contributed by atoms with E-state index in [2.05, 4.69) is 15.7 Å². The molecule has 0 radical (unpaired) electrons. The molecular weight excluding hydrogens is 427 g/mol. The van der Waals surface area contributed by atoms with Crippen LogP contribution in [-0.2, 0) is 9.59 Å². The first kappa shape index (κ1) is 20.3. The lowest BCUT2D eigenvalue weighted by Crippen LogP contribution is -2.35. The third kappa shape index (κ3) is 3.74. The number of carbonyl (C=O) groups is 2. The smallest absolute Gasteiger partial charge is 0.249 e. The summed E-state index contributed by atoms with van der Waals surface area (Å²) in [5.41, 5.74) is 2.79. The van der Waals surface area contributed by atoms with Gasteiger partial charge in [-0.15, -0.1) is 0 Å². The standard InChI is InChI=1S/C21H18Cl2N4O3/c1-11-19(12-3-5-13(22)6-4-12)26-27-16(10-18(28)25-20(11)27)21(29)24-14-7-8-17(30-2)15(23)9-14/h3-9,16H,10H2,1-2H3,(H,24,29)(H,25,28). The van der Waals surface area contributed by atoms with Gasteiger partial charge in [0.2, 0.25) is 11.8 Å². The van der Waals surface area contributed by atoms with Crippen LogP contribution in [-0.4, -0.2) is 28.7 Å². The third-order valence-corrected chi connectivity index (χ3v) is 5.47. The number of benzene rings is 2. The Morgan fingerprint density at radius 2 is 1.97 bits per heavy atom. The summed E-state index contributed by atoms with van der Waals surface area (Å²) < 4.78 is 6.68. The molecule has 1 aliphatic heterocycles. The fourth-order valence-electron chi connectivity index (χ4n) is 3.39. The summed E-state index contributed by atoms with van der Waals surface area (Å²) in [4.78, 5) is 25.3. The molecule has 0 spiro atoms. The van der Waals surface area contributed by atoms with Crippen molar-refractivity contribution in [2.45, 2.75) is 19.4 Å². The van der Waals surface area contributed by atoms with Gasteiger partial charge in [-0.3, -0.25) is 9.59 Å². The Morgan fingerprint density at radius 3 is 2.63 bits per heavy atom. The van der Waals surface area contributed by atoms with Crippen molar-refractivity contribution in [3.8, 4) is 17.0 Å². The predicted octanol–water partition coefficient (Wildman–Crippen LogP) is 4.70. The second-order valence-electron chi connectivity index (χ2n) is 6.88. The second kappa shape index (κ2) is 8.01. The SMILES string of the molecule is COc1ccc(NC(=O)C2CC(=O)Nc3c(C)c(-c4ccc(Cl)cc4)nn32)cc1Cl. The van der Waals surface area contributed by atoms with Gasteiger partial charge in [0.1, 0.15) is 17.6 Å². The lowest BCUT2D eigenvalue weighted by atomic mass is 10.1. The van der Waals surface area contributed by atoms with Crippen molar-refractivity contribution in [2.75, 3.05) is 17.7 Å². The van der Waals surface area contributed by atoms with Gasteiger partial charge in [-0.25, -0.2) is 4.68 Å². The molecule has 1 aliphatic rings. The number of ether oxygens (including phenoxy) is 1. The van der Waals surface area contributed by atoms with Crippen molar-refractivity contribution in [1.29, 1.82) is 0 Å². The van der Waals surface area contributed by atoms with E-state index < -0.39 is 6.04 Å². The average Bonchev–Trinajstić information content (AvgIpc) is 3.04. The van der Waals surface area contributed by atoms with Gasteiger partial charge in [-0.05, 0) is 37.3 Å². The molecule has 0 saturated carbocycles. The normalized spacial score (nSPS) is 15.3. The van der Waals surface area contributed by atoms with Crippen LogP contribution in [0, 0.1) is 6.92 Å². The maximum Gasteiger partial charge on any atom is 0.249 e. The maximum atomic E-state index is 13.0. The molecule has 30 heavy (non-hydrogen) atoms. The van der Waals surface area contributed by atoms with E-state index in [1.807, 2.05) is 19.1 Å². The lowest BCUT2D eigenvalue weighted by Gasteiger charge is -2.24. The topological polar surface area (TPSA) is 85.2 Å². The van der Waals surface area contributed by atoms with Crippen LogP contribution in [0.4, 0.5) is 11.5 Å². The number of hydrogen-bond acceptors (Lipinski definition) is 4. The molecule has 1 aromatic heterocycles. The number of amides is 2. The Bertz CT molecular complexity index is 1140. The minimum absolute atomic E-state index is 0.0239. The van der Waals surface area contributed by atoms with E-state index in [9.17, 15) is 9.59 Å². The lowest BCUT2D eigenvalue weighted by molar-refractivity contribution is -0.125. The molecule has 2 aromatic carbocycles. The van der Waals surface area contributed by atoms with Crippen molar-refractivity contribution in [1.82, 2.24) is 9.78 Å². The number of anilines is 2. The Hall–Kier alpha value is -3.03. The molecular formula is C21H18Cl2N4O3. The number of fused-ring (bicyclic) bond motifs is 1. The first-order chi connectivity index (χ1) is 14.4. The Morgan fingerprint density at radius 1 is 1.23 bits per heavy atom. The van der Waals surface area contributed by atoms with Crippen LogP contribution in [0.2, 0.25) is 10.0 Å². The number of hydrogen-bond donors (Lipinski definition) is 2. The van der Waals surface area contributed by atoms with Gasteiger partial charge in [0.25, 0.3) is 0 Å². The molecule has 0 fully saturated rings. The van der Waals surface area contributed by atoms with Crippen LogP contribution < -0.4 is 15.4 Å². The van der Waals surface area contributed by atoms with E-state index in [0.717, 1.165) is 11.1 Å². The Labute approximate surface area is 182 Å². The molecule has 9 heteroatoms. The zero-order valence-electron chi connectivity index (χ0n) is 16.2. The highest BCUT2D eigenvalue weighted by Crippen LogP contribution is 2.35. The third-order valence-electron chi connectivity index (χ3n) is 4.92. The van der Waals surface area contributed by atoms with Crippen LogP contribution in [0.5, 0.6) is 5.75 Å². The Balaban J connectivity index is 1.66. The van der Waals surface area contributed by atoms with Gasteiger partial charge in [0.05, 0.1) is 24.2 Å². The second-order valence-corrected chi connectivity index (χ2v) is 7.72. The van der Waals surface area contributed by atoms with Gasteiger partial charge in [-0.1, -0.05) is 35.3 Å². The highest BCUT2D eigenvalue weighted by molar-refractivity contribution is 6.32. The number of nitrogens with zero attached hydrogens (tertiary/aromatic N) is 2. The van der Waals surface area contributed by atoms with Crippen LogP contribution in [0.3, 0.4) is 0 Å². The summed E-state index contributed by atoms with van der Waals surface area (Å²) >= 11 is 12.1. The molecule has 154 valence electrons. The molecule has 4 rings (SSSR count). The van der Waals surface area contributed by atoms with Gasteiger partial charge < -0.3 is 15.4 Å². The van der Waals surface area contributed by atoms with Crippen molar-refractivity contribution >= 4 is 46.5 Å². The van der Waals surface area contributed by atoms with Crippen molar-refractivity contribution in [3.63, 3.8) is 0 Å². The summed E-state index contributed by atoms with van der Waals surface area (Å²) in [5.74, 6) is 0.395. The van der Waals surface area contributed by atoms with E-state index >= 15 is 0 Å². The van der Waals surface area contributed by atoms with E-state index in [4.69, 9.17) is 27.9 Å². The van der Waals surface area contributed by atoms with Crippen LogP contribution in [0.25, 0.3) is 11.3 Å². The average molecular weight is 445 g/mol. The molecule has 3 aromatic rings. The number of halogens is 2. The fourth-order valence-corrected chi connectivity index (χ4v) is 3.78. The zero-order valence-corrected chi connectivity index (χ0v) is 17.7. The molecule has 2 N–H and O–H groups in total. The van der Waals surface area contributed by atoms with Gasteiger partial charge in [0.15, 0.2) is 0 Å². The van der Waals surface area contributed by atoms with Crippen LogP contribution >= 0.6 is 23.2 Å². The Kier molecular flexibility index (Phi) is 5.40. The fraction of sp³-hybridized carbons (Fsp3) is 0.190. The largest absolute Gasteiger partial charge is 0.495 e. The number of nitrogens with one attached hydrogen (secondary N) is 2. The number of carbonyl (C=O) groups excluding carboxylic acids is 2. The van der Waals surface area contributed by atoms with E-state index in [1.54, 1.807) is 35.0 Å². The molecule has 2 amide bonds. The van der Waals surface area contributed by atoms with Gasteiger partial charge in [0, 0.05) is 21.8 Å². The first-order valence-electron chi connectivity index (χ1n) is 9.16. The highest BCUT2D eigenvalue weighted by atomic mass is 35.5. The number of rotatable bonds is 4. The van der Waals surface area contributed by atoms with E-state index in [1.165, 1.54) is 7.11 Å². The molecule has 0 saturated heterocycles. The molecule has 0 bridgehead atoms. The van der Waals surface area contributed by atoms with Gasteiger partial charge in [-0.2, -0.15) is 5.10 Å². The summed E-state index contributed by atoms with van der Waals surface area (Å²) in [6.45, 7) is 1.85. The predicted molar refractivity (Wildman–Crippen MR) is 116 cm³/mol. The van der Waals surface area contributed by atoms with E-state index in [-0.39, 0.29) is 18.2 Å². The van der Waals surface area contributed by atoms with Crippen LogP contribution in [0.15, 0.2) is 42.5 Å². The zero-order chi connectivity index (χ0) is 21.4. The molecule has 0 aliphatic carbocycles. The number of methoxy groups -OCH3 is 1. The first-order valence-corrected chi connectivity index (χ1v) is 9.92. The van der Waals surface area contributed by atoms with Gasteiger partial charge >= 0.3 is 0 Å². The van der Waals surface area contributed by atoms with Crippen molar-refractivity contribution in [2.24, 2.45) is 0 Å². The van der Waals surface area contributed by atoms with Crippen molar-refractivity contribution in [3.05, 3.63) is 58.1 Å². The summed E-state index contributed by atoms with van der Waals surface area (Å²) in [5, 5.41) is 11.2. The maximum absolute atomic E-state index is 13.0. The van der Waals surface area contributed by atoms with Crippen LogP contribution in [0.1, 0.15) is 18.0 Å². The molecule has 1 atom stereocenters. The quantitative estimate of drug-likeness (QED) is 0.610. The minimum atomic E-state index is -0.797. The molecule has 7 nitrogen and oxygen atoms in total. The van der Waals surface area contributed by atoms with E-state index in [0.29, 0.717) is 33.0 Å². The van der Waals surface area contributed by atoms with Crippen molar-refractivity contribution < 1.29 is 14.3 Å². The number of aromatic nitrogens is 2.